The van der Waals surface area contributed by atoms with Gasteiger partial charge in [-0.25, -0.2) is 0 Å². The average Bonchev–Trinajstić information content (AvgIpc) is 2.55. The topological polar surface area (TPSA) is 52.6 Å². The van der Waals surface area contributed by atoms with E-state index in [0.717, 1.165) is 18.7 Å². The molecule has 6 heteroatoms. The Kier molecular flexibility index (Phi) is 5.23. The molecule has 0 unspecified atom stereocenters. The molecule has 124 valence electrons. The van der Waals surface area contributed by atoms with Crippen LogP contribution in [-0.2, 0) is 16.1 Å². The first-order chi connectivity index (χ1) is 11.1. The van der Waals surface area contributed by atoms with Gasteiger partial charge in [-0.3, -0.25) is 9.59 Å². The molecule has 0 aromatic heterocycles. The van der Waals surface area contributed by atoms with Gasteiger partial charge in [-0.2, -0.15) is 0 Å². The molecule has 23 heavy (non-hydrogen) atoms. The van der Waals surface area contributed by atoms with Crippen LogP contribution in [0, 0.1) is 0 Å². The number of hydrogen-bond acceptors (Lipinski definition) is 4. The van der Waals surface area contributed by atoms with Crippen molar-refractivity contribution in [1.29, 1.82) is 0 Å². The second-order valence-electron chi connectivity index (χ2n) is 6.25. The predicted molar refractivity (Wildman–Crippen MR) is 91.2 cm³/mol. The Morgan fingerprint density at radius 2 is 1.96 bits per heavy atom. The molecule has 0 atom stereocenters. The van der Waals surface area contributed by atoms with E-state index < -0.39 is 0 Å². The lowest BCUT2D eigenvalue weighted by Gasteiger charge is -2.30. The van der Waals surface area contributed by atoms with Crippen LogP contribution in [0.5, 0.6) is 0 Å². The van der Waals surface area contributed by atoms with E-state index in [1.54, 1.807) is 4.90 Å². The molecule has 2 saturated heterocycles. The van der Waals surface area contributed by atoms with E-state index >= 15 is 0 Å². The molecule has 1 N–H and O–H groups in total. The monoisotopic (exact) mass is 333 g/mol. The molecule has 2 aliphatic rings. The quantitative estimate of drug-likeness (QED) is 0.903. The van der Waals surface area contributed by atoms with Gasteiger partial charge in [0, 0.05) is 16.7 Å². The summed E-state index contributed by atoms with van der Waals surface area (Å²) in [5.74, 6) is -0.0891. The maximum Gasteiger partial charge on any atom is 0.242 e. The number of amides is 2. The zero-order valence-electron chi connectivity index (χ0n) is 13.5. The van der Waals surface area contributed by atoms with Gasteiger partial charge in [0.05, 0.1) is 13.1 Å². The first-order valence-electron chi connectivity index (χ1n) is 8.09. The highest BCUT2D eigenvalue weighted by Crippen LogP contribution is 2.32. The van der Waals surface area contributed by atoms with Crippen LogP contribution < -0.4 is 5.32 Å². The van der Waals surface area contributed by atoms with Crippen molar-refractivity contribution in [2.45, 2.75) is 29.5 Å². The van der Waals surface area contributed by atoms with E-state index in [9.17, 15) is 9.59 Å². The molecule has 0 radical (unpaired) electrons. The Morgan fingerprint density at radius 1 is 1.22 bits per heavy atom. The summed E-state index contributed by atoms with van der Waals surface area (Å²) in [5.41, 5.74) is 1.14. The highest BCUT2D eigenvalue weighted by atomic mass is 32.2. The van der Waals surface area contributed by atoms with Crippen LogP contribution in [0.2, 0.25) is 0 Å². The van der Waals surface area contributed by atoms with Crippen LogP contribution in [0.3, 0.4) is 0 Å². The van der Waals surface area contributed by atoms with Gasteiger partial charge in [0.1, 0.15) is 0 Å². The molecule has 2 heterocycles. The fraction of sp³-hybridized carbons (Fsp3) is 0.529. The number of nitrogens with zero attached hydrogens (tertiary/aromatic N) is 2. The summed E-state index contributed by atoms with van der Waals surface area (Å²) in [7, 11) is 2.17. The van der Waals surface area contributed by atoms with Crippen LogP contribution in [-0.4, -0.2) is 60.1 Å². The summed E-state index contributed by atoms with van der Waals surface area (Å²) in [6, 6.07) is 8.25. The molecular weight excluding hydrogens is 310 g/mol. The van der Waals surface area contributed by atoms with Crippen molar-refractivity contribution in [2.24, 2.45) is 0 Å². The second kappa shape index (κ2) is 7.36. The van der Waals surface area contributed by atoms with Crippen molar-refractivity contribution >= 4 is 23.6 Å². The number of carbonyl (C=O) groups is 2. The molecule has 0 bridgehead atoms. The number of thioether (sulfide) groups is 1. The van der Waals surface area contributed by atoms with Crippen molar-refractivity contribution in [3.05, 3.63) is 29.8 Å². The van der Waals surface area contributed by atoms with Crippen LogP contribution in [0.4, 0.5) is 0 Å². The standard InChI is InChI=1S/C17H23N3O2S/c1-19-8-6-14(7-9-19)23-15-5-3-2-4-13(15)11-20-12-16(21)18-10-17(20)22/h2-5,14H,6-12H2,1H3,(H,18,21). The van der Waals surface area contributed by atoms with Gasteiger partial charge in [0.15, 0.2) is 0 Å². The van der Waals surface area contributed by atoms with Gasteiger partial charge < -0.3 is 15.1 Å². The zero-order valence-corrected chi connectivity index (χ0v) is 14.3. The van der Waals surface area contributed by atoms with Gasteiger partial charge in [0.2, 0.25) is 11.8 Å². The number of piperazine rings is 1. The second-order valence-corrected chi connectivity index (χ2v) is 7.60. The van der Waals surface area contributed by atoms with Crippen molar-refractivity contribution in [1.82, 2.24) is 15.1 Å². The number of rotatable bonds is 4. The molecule has 5 nitrogen and oxygen atoms in total. The summed E-state index contributed by atoms with van der Waals surface area (Å²) >= 11 is 1.92. The molecule has 2 aliphatic heterocycles. The maximum atomic E-state index is 12.0. The Balaban J connectivity index is 1.68. The van der Waals surface area contributed by atoms with Crippen LogP contribution in [0.15, 0.2) is 29.2 Å². The van der Waals surface area contributed by atoms with Gasteiger partial charge >= 0.3 is 0 Å². The number of carbonyl (C=O) groups excluding carboxylic acids is 2. The highest BCUT2D eigenvalue weighted by Gasteiger charge is 2.24. The smallest absolute Gasteiger partial charge is 0.242 e. The third-order valence-electron chi connectivity index (χ3n) is 4.42. The molecular formula is C17H23N3O2S. The van der Waals surface area contributed by atoms with E-state index in [2.05, 4.69) is 29.4 Å². The summed E-state index contributed by atoms with van der Waals surface area (Å²) in [6.45, 7) is 3.08. The molecule has 0 aliphatic carbocycles. The minimum Gasteiger partial charge on any atom is -0.345 e. The van der Waals surface area contributed by atoms with Crippen LogP contribution in [0.1, 0.15) is 18.4 Å². The van der Waals surface area contributed by atoms with Gasteiger partial charge in [-0.15, -0.1) is 11.8 Å². The van der Waals surface area contributed by atoms with Crippen LogP contribution in [0.25, 0.3) is 0 Å². The lowest BCUT2D eigenvalue weighted by molar-refractivity contribution is -0.141. The summed E-state index contributed by atoms with van der Waals surface area (Å²) in [5, 5.41) is 3.22. The van der Waals surface area contributed by atoms with Crippen molar-refractivity contribution in [3.8, 4) is 0 Å². The lowest BCUT2D eigenvalue weighted by atomic mass is 10.1. The van der Waals surface area contributed by atoms with Crippen molar-refractivity contribution < 1.29 is 9.59 Å². The van der Waals surface area contributed by atoms with E-state index in [0.29, 0.717) is 11.8 Å². The maximum absolute atomic E-state index is 12.0. The largest absolute Gasteiger partial charge is 0.345 e. The molecule has 0 saturated carbocycles. The lowest BCUT2D eigenvalue weighted by Crippen LogP contribution is -2.51. The predicted octanol–water partition coefficient (Wildman–Crippen LogP) is 1.33. The SMILES string of the molecule is CN1CCC(Sc2ccccc2CN2CC(=O)NCC2=O)CC1. The highest BCUT2D eigenvalue weighted by molar-refractivity contribution is 8.00. The Bertz CT molecular complexity index is 585. The van der Waals surface area contributed by atoms with Gasteiger partial charge in [-0.05, 0) is 44.6 Å². The minimum atomic E-state index is -0.0787. The van der Waals surface area contributed by atoms with E-state index in [1.165, 1.54) is 17.7 Å². The third kappa shape index (κ3) is 4.26. The molecule has 2 fully saturated rings. The molecule has 1 aromatic rings. The first kappa shape index (κ1) is 16.3. The zero-order chi connectivity index (χ0) is 16.2. The van der Waals surface area contributed by atoms with E-state index in [4.69, 9.17) is 0 Å². The minimum absolute atomic E-state index is 0.0105. The molecule has 2 amide bonds. The van der Waals surface area contributed by atoms with Crippen molar-refractivity contribution in [2.75, 3.05) is 33.2 Å². The van der Waals surface area contributed by atoms with E-state index in [1.807, 2.05) is 23.9 Å². The Morgan fingerprint density at radius 3 is 2.74 bits per heavy atom. The average molecular weight is 333 g/mol. The summed E-state index contributed by atoms with van der Waals surface area (Å²) < 4.78 is 0. The molecule has 3 rings (SSSR count). The number of piperidine rings is 1. The first-order valence-corrected chi connectivity index (χ1v) is 8.97. The number of hydrogen-bond donors (Lipinski definition) is 1. The van der Waals surface area contributed by atoms with E-state index in [-0.39, 0.29) is 24.9 Å². The normalized spacial score (nSPS) is 20.7. The van der Waals surface area contributed by atoms with Gasteiger partial charge in [0.25, 0.3) is 0 Å². The Labute approximate surface area is 141 Å². The fourth-order valence-electron chi connectivity index (χ4n) is 2.98. The molecule has 1 aromatic carbocycles. The summed E-state index contributed by atoms with van der Waals surface area (Å²) in [6.07, 6.45) is 2.39. The third-order valence-corrected chi connectivity index (χ3v) is 5.87. The fourth-order valence-corrected chi connectivity index (χ4v) is 4.23. The Hall–Kier alpha value is -1.53. The number of benzene rings is 1. The number of likely N-dealkylation sites (tertiary alicyclic amines) is 1. The van der Waals surface area contributed by atoms with Crippen LogP contribution >= 0.6 is 11.8 Å². The van der Waals surface area contributed by atoms with Gasteiger partial charge in [-0.1, -0.05) is 18.2 Å². The van der Waals surface area contributed by atoms with Crippen molar-refractivity contribution in [3.63, 3.8) is 0 Å². The molecule has 0 spiro atoms. The number of nitrogens with one attached hydrogen (secondary N) is 1. The summed E-state index contributed by atoms with van der Waals surface area (Å²) in [4.78, 5) is 28.8.